The van der Waals surface area contributed by atoms with Gasteiger partial charge in [-0.25, -0.2) is 4.39 Å². The standard InChI is InChI=1S/C24H27FN2O4/c1-4-15-31-19-11-7-16(8-12-19)21-20(22(28)17-5-9-18(25)10-6-17)23(29)24(30)27(21)14-13-26(2)3/h5-12,21,28H,4,13-15H2,1-3H3/b22-20-. The number of rotatable bonds is 8. The van der Waals surface area contributed by atoms with E-state index in [1.807, 2.05) is 25.9 Å². The third-order valence-corrected chi connectivity index (χ3v) is 5.11. The van der Waals surface area contributed by atoms with Gasteiger partial charge in [0.2, 0.25) is 0 Å². The van der Waals surface area contributed by atoms with E-state index in [0.29, 0.717) is 31.0 Å². The molecule has 0 aromatic heterocycles. The highest BCUT2D eigenvalue weighted by molar-refractivity contribution is 6.46. The number of benzene rings is 2. The van der Waals surface area contributed by atoms with Gasteiger partial charge in [0, 0.05) is 18.7 Å². The lowest BCUT2D eigenvalue weighted by molar-refractivity contribution is -0.140. The smallest absolute Gasteiger partial charge is 0.295 e. The third kappa shape index (κ3) is 4.94. The SMILES string of the molecule is CCCOc1ccc(C2/C(=C(/O)c3ccc(F)cc3)C(=O)C(=O)N2CCN(C)C)cc1. The van der Waals surface area contributed by atoms with E-state index in [-0.39, 0.29) is 16.9 Å². The van der Waals surface area contributed by atoms with Crippen LogP contribution >= 0.6 is 0 Å². The van der Waals surface area contributed by atoms with E-state index in [2.05, 4.69) is 0 Å². The zero-order valence-corrected chi connectivity index (χ0v) is 18.0. The Balaban J connectivity index is 2.06. The quantitative estimate of drug-likeness (QED) is 0.397. The lowest BCUT2D eigenvalue weighted by atomic mass is 9.95. The summed E-state index contributed by atoms with van der Waals surface area (Å²) in [4.78, 5) is 29.1. The molecule has 0 saturated carbocycles. The van der Waals surface area contributed by atoms with Crippen molar-refractivity contribution in [2.24, 2.45) is 0 Å². The molecule has 3 rings (SSSR count). The van der Waals surface area contributed by atoms with Crippen molar-refractivity contribution in [2.45, 2.75) is 19.4 Å². The van der Waals surface area contributed by atoms with Crippen LogP contribution in [0.2, 0.25) is 0 Å². The first-order valence-corrected chi connectivity index (χ1v) is 10.2. The van der Waals surface area contributed by atoms with Crippen molar-refractivity contribution in [1.29, 1.82) is 0 Å². The number of hydrogen-bond donors (Lipinski definition) is 1. The van der Waals surface area contributed by atoms with Crippen LogP contribution in [-0.2, 0) is 9.59 Å². The maximum Gasteiger partial charge on any atom is 0.295 e. The van der Waals surface area contributed by atoms with Gasteiger partial charge in [-0.15, -0.1) is 0 Å². The number of likely N-dealkylation sites (N-methyl/N-ethyl adjacent to an activating group) is 1. The number of carbonyl (C=O) groups excluding carboxylic acids is 2. The molecule has 1 amide bonds. The van der Waals surface area contributed by atoms with E-state index >= 15 is 0 Å². The van der Waals surface area contributed by atoms with Crippen LogP contribution in [0.15, 0.2) is 54.1 Å². The van der Waals surface area contributed by atoms with Crippen LogP contribution in [0.4, 0.5) is 4.39 Å². The summed E-state index contributed by atoms with van der Waals surface area (Å²) in [6, 6.07) is 11.6. The van der Waals surface area contributed by atoms with Crippen LogP contribution in [0.3, 0.4) is 0 Å². The predicted molar refractivity (Wildman–Crippen MR) is 116 cm³/mol. The van der Waals surface area contributed by atoms with Crippen LogP contribution in [-0.4, -0.2) is 60.4 Å². The Morgan fingerprint density at radius 1 is 1.10 bits per heavy atom. The number of hydrogen-bond acceptors (Lipinski definition) is 5. The summed E-state index contributed by atoms with van der Waals surface area (Å²) in [5.74, 6) is -1.50. The van der Waals surface area contributed by atoms with Crippen LogP contribution in [0, 0.1) is 5.82 Å². The molecule has 2 aromatic carbocycles. The summed E-state index contributed by atoms with van der Waals surface area (Å²) in [5, 5.41) is 10.9. The minimum Gasteiger partial charge on any atom is -0.507 e. The molecule has 0 bridgehead atoms. The van der Waals surface area contributed by atoms with E-state index in [0.717, 1.165) is 6.42 Å². The minimum absolute atomic E-state index is 0.00223. The average Bonchev–Trinajstić information content (AvgIpc) is 3.01. The molecule has 1 unspecified atom stereocenters. The number of aliphatic hydroxyl groups is 1. The molecule has 1 aliphatic rings. The van der Waals surface area contributed by atoms with Crippen molar-refractivity contribution in [3.8, 4) is 5.75 Å². The van der Waals surface area contributed by atoms with Crippen LogP contribution in [0.25, 0.3) is 5.76 Å². The van der Waals surface area contributed by atoms with Gasteiger partial charge in [-0.05, 0) is 62.5 Å². The van der Waals surface area contributed by atoms with Gasteiger partial charge >= 0.3 is 0 Å². The Kier molecular flexibility index (Phi) is 7.07. The van der Waals surface area contributed by atoms with E-state index < -0.39 is 23.5 Å². The summed E-state index contributed by atoms with van der Waals surface area (Å²) in [7, 11) is 3.76. The third-order valence-electron chi connectivity index (χ3n) is 5.11. The average molecular weight is 426 g/mol. The number of Topliss-reactive ketones (excluding diaryl/α,β-unsaturated/α-hetero) is 1. The molecule has 31 heavy (non-hydrogen) atoms. The fourth-order valence-corrected chi connectivity index (χ4v) is 3.49. The van der Waals surface area contributed by atoms with Gasteiger partial charge in [0.15, 0.2) is 0 Å². The van der Waals surface area contributed by atoms with Crippen LogP contribution < -0.4 is 4.74 Å². The first-order valence-electron chi connectivity index (χ1n) is 10.2. The van der Waals surface area contributed by atoms with Gasteiger partial charge in [-0.1, -0.05) is 19.1 Å². The first-order chi connectivity index (χ1) is 14.8. The van der Waals surface area contributed by atoms with Crippen molar-refractivity contribution in [2.75, 3.05) is 33.8 Å². The molecule has 7 heteroatoms. The molecule has 6 nitrogen and oxygen atoms in total. The second kappa shape index (κ2) is 9.75. The Morgan fingerprint density at radius 2 is 1.74 bits per heavy atom. The Morgan fingerprint density at radius 3 is 2.32 bits per heavy atom. The van der Waals surface area contributed by atoms with Crippen LogP contribution in [0.5, 0.6) is 5.75 Å². The highest BCUT2D eigenvalue weighted by Crippen LogP contribution is 2.39. The molecule has 1 aliphatic heterocycles. The monoisotopic (exact) mass is 426 g/mol. The minimum atomic E-state index is -0.753. The number of carbonyl (C=O) groups is 2. The molecular formula is C24H27FN2O4. The fraction of sp³-hybridized carbons (Fsp3) is 0.333. The molecule has 0 spiro atoms. The Bertz CT molecular complexity index is 968. The molecular weight excluding hydrogens is 399 g/mol. The largest absolute Gasteiger partial charge is 0.507 e. The molecule has 2 aromatic rings. The number of amides is 1. The lowest BCUT2D eigenvalue weighted by Crippen LogP contribution is -2.35. The first kappa shape index (κ1) is 22.5. The molecule has 0 radical (unpaired) electrons. The van der Waals surface area contributed by atoms with Crippen molar-refractivity contribution in [1.82, 2.24) is 9.80 Å². The van der Waals surface area contributed by atoms with Crippen LogP contribution in [0.1, 0.15) is 30.5 Å². The zero-order chi connectivity index (χ0) is 22.5. The maximum absolute atomic E-state index is 13.3. The van der Waals surface area contributed by atoms with Crippen molar-refractivity contribution in [3.05, 3.63) is 71.0 Å². The van der Waals surface area contributed by atoms with E-state index in [9.17, 15) is 19.1 Å². The number of likely N-dealkylation sites (tertiary alicyclic amines) is 1. The Labute approximate surface area is 181 Å². The molecule has 1 saturated heterocycles. The molecule has 164 valence electrons. The van der Waals surface area contributed by atoms with E-state index in [1.165, 1.54) is 29.2 Å². The van der Waals surface area contributed by atoms with Crippen molar-refractivity contribution >= 4 is 17.4 Å². The number of aliphatic hydroxyl groups excluding tert-OH is 1. The second-order valence-electron chi connectivity index (χ2n) is 7.72. The van der Waals surface area contributed by atoms with Gasteiger partial charge in [0.05, 0.1) is 18.2 Å². The summed E-state index contributed by atoms with van der Waals surface area (Å²) in [6.07, 6.45) is 0.879. The molecule has 1 atom stereocenters. The number of nitrogens with zero attached hydrogens (tertiary/aromatic N) is 2. The van der Waals surface area contributed by atoms with Crippen molar-refractivity contribution in [3.63, 3.8) is 0 Å². The number of ether oxygens (including phenoxy) is 1. The zero-order valence-electron chi connectivity index (χ0n) is 18.0. The second-order valence-corrected chi connectivity index (χ2v) is 7.72. The Hall–Kier alpha value is -3.19. The molecule has 1 N–H and O–H groups in total. The lowest BCUT2D eigenvalue weighted by Gasteiger charge is -2.26. The van der Waals surface area contributed by atoms with Gasteiger partial charge in [0.1, 0.15) is 17.3 Å². The van der Waals surface area contributed by atoms with E-state index in [4.69, 9.17) is 4.74 Å². The normalized spacial score (nSPS) is 18.1. The highest BCUT2D eigenvalue weighted by Gasteiger charge is 2.45. The summed E-state index contributed by atoms with van der Waals surface area (Å²) < 4.78 is 19.0. The number of halogens is 1. The van der Waals surface area contributed by atoms with Gasteiger partial charge < -0.3 is 19.6 Å². The molecule has 1 heterocycles. The topological polar surface area (TPSA) is 70.1 Å². The maximum atomic E-state index is 13.3. The predicted octanol–water partition coefficient (Wildman–Crippen LogP) is 3.60. The van der Waals surface area contributed by atoms with E-state index in [1.54, 1.807) is 24.3 Å². The van der Waals surface area contributed by atoms with Crippen molar-refractivity contribution < 1.29 is 23.8 Å². The molecule has 1 fully saturated rings. The number of ketones is 1. The summed E-state index contributed by atoms with van der Waals surface area (Å²) >= 11 is 0. The highest BCUT2D eigenvalue weighted by atomic mass is 19.1. The van der Waals surface area contributed by atoms with Gasteiger partial charge in [-0.3, -0.25) is 9.59 Å². The summed E-state index contributed by atoms with van der Waals surface area (Å²) in [6.45, 7) is 3.47. The van der Waals surface area contributed by atoms with Gasteiger partial charge in [-0.2, -0.15) is 0 Å². The molecule has 0 aliphatic carbocycles. The fourth-order valence-electron chi connectivity index (χ4n) is 3.49. The van der Waals surface area contributed by atoms with Gasteiger partial charge in [0.25, 0.3) is 11.7 Å². The summed E-state index contributed by atoms with van der Waals surface area (Å²) in [5.41, 5.74) is 0.961.